The molecule has 1 heterocycles. The summed E-state index contributed by atoms with van der Waals surface area (Å²) in [4.78, 5) is 2.47. The van der Waals surface area contributed by atoms with Crippen molar-refractivity contribution in [2.24, 2.45) is 11.8 Å². The zero-order chi connectivity index (χ0) is 14.2. The third kappa shape index (κ3) is 2.76. The number of piperidine rings is 1. The SMILES string of the molecule is CN1CCC(NC2C3CCC2Cc2ccccc2C3)CC1. The summed E-state index contributed by atoms with van der Waals surface area (Å²) in [6, 6.07) is 10.7. The Morgan fingerprint density at radius 2 is 1.48 bits per heavy atom. The summed E-state index contributed by atoms with van der Waals surface area (Å²) in [7, 11) is 2.25. The summed E-state index contributed by atoms with van der Waals surface area (Å²) in [5, 5.41) is 4.09. The second-order valence-corrected chi connectivity index (χ2v) is 7.54. The molecule has 2 aliphatic carbocycles. The summed E-state index contributed by atoms with van der Waals surface area (Å²) >= 11 is 0. The molecule has 0 amide bonds. The van der Waals surface area contributed by atoms with Crippen molar-refractivity contribution >= 4 is 0 Å². The molecule has 1 N–H and O–H groups in total. The van der Waals surface area contributed by atoms with Gasteiger partial charge in [0.1, 0.15) is 0 Å². The van der Waals surface area contributed by atoms with Gasteiger partial charge in [0.05, 0.1) is 0 Å². The van der Waals surface area contributed by atoms with Gasteiger partial charge >= 0.3 is 0 Å². The maximum Gasteiger partial charge on any atom is 0.0132 e. The van der Waals surface area contributed by atoms with E-state index in [9.17, 15) is 0 Å². The minimum absolute atomic E-state index is 0.760. The first-order chi connectivity index (χ1) is 10.3. The Labute approximate surface area is 128 Å². The highest BCUT2D eigenvalue weighted by molar-refractivity contribution is 5.30. The van der Waals surface area contributed by atoms with Crippen molar-refractivity contribution in [1.29, 1.82) is 0 Å². The van der Waals surface area contributed by atoms with Gasteiger partial charge in [0.25, 0.3) is 0 Å². The van der Waals surface area contributed by atoms with Crippen LogP contribution in [0, 0.1) is 11.8 Å². The summed E-state index contributed by atoms with van der Waals surface area (Å²) in [6.45, 7) is 2.53. The average molecular weight is 284 g/mol. The number of hydrogen-bond acceptors (Lipinski definition) is 2. The van der Waals surface area contributed by atoms with Crippen LogP contribution < -0.4 is 5.32 Å². The van der Waals surface area contributed by atoms with Crippen molar-refractivity contribution in [3.05, 3.63) is 35.4 Å². The van der Waals surface area contributed by atoms with E-state index in [-0.39, 0.29) is 0 Å². The zero-order valence-corrected chi connectivity index (χ0v) is 13.2. The van der Waals surface area contributed by atoms with Crippen molar-refractivity contribution in [2.45, 2.75) is 50.6 Å². The molecule has 3 aliphatic rings. The lowest BCUT2D eigenvalue weighted by Crippen LogP contribution is -2.48. The van der Waals surface area contributed by atoms with Crippen molar-refractivity contribution in [2.75, 3.05) is 20.1 Å². The molecule has 1 aliphatic heterocycles. The molecule has 1 aromatic rings. The quantitative estimate of drug-likeness (QED) is 0.898. The molecule has 0 aromatic heterocycles. The van der Waals surface area contributed by atoms with E-state index in [0.717, 1.165) is 23.9 Å². The van der Waals surface area contributed by atoms with Gasteiger partial charge in [-0.3, -0.25) is 0 Å². The molecule has 2 fully saturated rings. The van der Waals surface area contributed by atoms with Gasteiger partial charge in [-0.2, -0.15) is 0 Å². The van der Waals surface area contributed by atoms with Crippen LogP contribution >= 0.6 is 0 Å². The van der Waals surface area contributed by atoms with Gasteiger partial charge in [-0.05, 0) is 81.6 Å². The molecular formula is C19H28N2. The second-order valence-electron chi connectivity index (χ2n) is 7.54. The van der Waals surface area contributed by atoms with E-state index < -0.39 is 0 Å². The topological polar surface area (TPSA) is 15.3 Å². The lowest BCUT2D eigenvalue weighted by Gasteiger charge is -2.34. The summed E-state index contributed by atoms with van der Waals surface area (Å²) in [5.41, 5.74) is 3.25. The van der Waals surface area contributed by atoms with Gasteiger partial charge in [0.2, 0.25) is 0 Å². The van der Waals surface area contributed by atoms with E-state index in [4.69, 9.17) is 0 Å². The first-order valence-corrected chi connectivity index (χ1v) is 8.81. The lowest BCUT2D eigenvalue weighted by molar-refractivity contribution is 0.203. The van der Waals surface area contributed by atoms with Crippen LogP contribution in [0.5, 0.6) is 0 Å². The molecule has 1 saturated carbocycles. The fourth-order valence-corrected chi connectivity index (χ4v) is 4.87. The van der Waals surface area contributed by atoms with Crippen LogP contribution in [0.4, 0.5) is 0 Å². The summed E-state index contributed by atoms with van der Waals surface area (Å²) < 4.78 is 0. The Morgan fingerprint density at radius 1 is 0.905 bits per heavy atom. The maximum atomic E-state index is 4.09. The Morgan fingerprint density at radius 3 is 2.05 bits per heavy atom. The molecule has 0 spiro atoms. The number of likely N-dealkylation sites (tertiary alicyclic amines) is 1. The van der Waals surface area contributed by atoms with Crippen molar-refractivity contribution in [1.82, 2.24) is 10.2 Å². The van der Waals surface area contributed by atoms with E-state index in [0.29, 0.717) is 0 Å². The van der Waals surface area contributed by atoms with E-state index >= 15 is 0 Å². The Hall–Kier alpha value is -0.860. The number of nitrogens with zero attached hydrogens (tertiary/aromatic N) is 1. The van der Waals surface area contributed by atoms with Gasteiger partial charge < -0.3 is 10.2 Å². The van der Waals surface area contributed by atoms with Crippen LogP contribution in [0.3, 0.4) is 0 Å². The van der Waals surface area contributed by atoms with E-state index in [1.165, 1.54) is 51.6 Å². The van der Waals surface area contributed by atoms with Crippen LogP contribution in [0.25, 0.3) is 0 Å². The van der Waals surface area contributed by atoms with Gasteiger partial charge in [-0.1, -0.05) is 24.3 Å². The minimum Gasteiger partial charge on any atom is -0.311 e. The smallest absolute Gasteiger partial charge is 0.0132 e. The third-order valence-corrected chi connectivity index (χ3v) is 6.15. The monoisotopic (exact) mass is 284 g/mol. The number of nitrogens with one attached hydrogen (secondary N) is 1. The largest absolute Gasteiger partial charge is 0.311 e. The van der Waals surface area contributed by atoms with Gasteiger partial charge in [0, 0.05) is 12.1 Å². The second kappa shape index (κ2) is 5.73. The molecule has 2 unspecified atom stereocenters. The number of rotatable bonds is 2. The standard InChI is InChI=1S/C19H28N2/c1-21-10-8-18(9-11-21)20-19-16-6-7-17(19)13-15-5-3-2-4-14(15)12-16/h2-5,16-20H,6-13H2,1H3. The third-order valence-electron chi connectivity index (χ3n) is 6.15. The normalized spacial score (nSPS) is 33.7. The maximum absolute atomic E-state index is 4.09. The molecule has 1 aromatic carbocycles. The molecule has 114 valence electrons. The lowest BCUT2D eigenvalue weighted by atomic mass is 9.93. The van der Waals surface area contributed by atoms with E-state index in [1.807, 2.05) is 0 Å². The Bertz CT molecular complexity index is 457. The van der Waals surface area contributed by atoms with E-state index in [1.54, 1.807) is 11.1 Å². The molecule has 2 nitrogen and oxygen atoms in total. The van der Waals surface area contributed by atoms with Crippen LogP contribution in [-0.2, 0) is 12.8 Å². The Balaban J connectivity index is 1.48. The average Bonchev–Trinajstić information content (AvgIpc) is 2.76. The van der Waals surface area contributed by atoms with Crippen LogP contribution in [0.15, 0.2) is 24.3 Å². The molecular weight excluding hydrogens is 256 g/mol. The molecule has 0 radical (unpaired) electrons. The first kappa shape index (κ1) is 13.8. The molecule has 2 atom stereocenters. The fourth-order valence-electron chi connectivity index (χ4n) is 4.87. The fraction of sp³-hybridized carbons (Fsp3) is 0.684. The number of benzene rings is 1. The molecule has 21 heavy (non-hydrogen) atoms. The van der Waals surface area contributed by atoms with Gasteiger partial charge in [-0.15, -0.1) is 0 Å². The first-order valence-electron chi connectivity index (χ1n) is 8.81. The van der Waals surface area contributed by atoms with Crippen LogP contribution in [-0.4, -0.2) is 37.1 Å². The van der Waals surface area contributed by atoms with Gasteiger partial charge in [0.15, 0.2) is 0 Å². The Kier molecular flexibility index (Phi) is 3.76. The molecule has 2 heteroatoms. The zero-order valence-electron chi connectivity index (χ0n) is 13.2. The highest BCUT2D eigenvalue weighted by Crippen LogP contribution is 2.40. The predicted octanol–water partition coefficient (Wildman–Crippen LogP) is 2.86. The van der Waals surface area contributed by atoms with Gasteiger partial charge in [-0.25, -0.2) is 0 Å². The summed E-state index contributed by atoms with van der Waals surface area (Å²) in [5.74, 6) is 1.75. The highest BCUT2D eigenvalue weighted by Gasteiger charge is 2.39. The molecule has 2 bridgehead atoms. The molecule has 1 saturated heterocycles. The number of fused-ring (bicyclic) bond motifs is 3. The minimum atomic E-state index is 0.760. The van der Waals surface area contributed by atoms with Crippen molar-refractivity contribution < 1.29 is 0 Å². The van der Waals surface area contributed by atoms with Crippen molar-refractivity contribution in [3.63, 3.8) is 0 Å². The summed E-state index contributed by atoms with van der Waals surface area (Å²) in [6.07, 6.45) is 8.14. The van der Waals surface area contributed by atoms with Crippen LogP contribution in [0.2, 0.25) is 0 Å². The number of hydrogen-bond donors (Lipinski definition) is 1. The van der Waals surface area contributed by atoms with E-state index in [2.05, 4.69) is 41.5 Å². The highest BCUT2D eigenvalue weighted by atomic mass is 15.1. The van der Waals surface area contributed by atoms with Crippen LogP contribution in [0.1, 0.15) is 36.8 Å². The van der Waals surface area contributed by atoms with Crippen molar-refractivity contribution in [3.8, 4) is 0 Å². The predicted molar refractivity (Wildman–Crippen MR) is 87.5 cm³/mol. The molecule has 4 rings (SSSR count).